The molecule has 1 aromatic rings. The lowest BCUT2D eigenvalue weighted by atomic mass is 9.83. The van der Waals surface area contributed by atoms with E-state index in [1.54, 1.807) is 0 Å². The van der Waals surface area contributed by atoms with E-state index in [1.165, 1.54) is 29.8 Å². The van der Waals surface area contributed by atoms with Gasteiger partial charge in [-0.05, 0) is 38.0 Å². The molecule has 2 rings (SSSR count). The van der Waals surface area contributed by atoms with E-state index in [0.29, 0.717) is 0 Å². The molecule has 1 unspecified atom stereocenters. The Bertz CT molecular complexity index is 330. The summed E-state index contributed by atoms with van der Waals surface area (Å²) in [6.07, 6.45) is 3.75. The van der Waals surface area contributed by atoms with E-state index in [1.807, 2.05) is 11.3 Å². The third-order valence-corrected chi connectivity index (χ3v) is 4.33. The molecule has 1 aliphatic rings. The molecule has 0 bridgehead atoms. The number of rotatable bonds is 3. The van der Waals surface area contributed by atoms with E-state index in [-0.39, 0.29) is 0 Å². The normalized spacial score (nSPS) is 20.4. The van der Waals surface area contributed by atoms with Crippen LogP contribution in [0.5, 0.6) is 0 Å². The third-order valence-electron chi connectivity index (χ3n) is 3.25. The summed E-state index contributed by atoms with van der Waals surface area (Å²) in [6.45, 7) is 7.76. The lowest BCUT2D eigenvalue weighted by molar-refractivity contribution is 0.344. The second-order valence-electron chi connectivity index (χ2n) is 4.67. The summed E-state index contributed by atoms with van der Waals surface area (Å²) in [4.78, 5) is 6.17. The number of aromatic nitrogens is 1. The second kappa shape index (κ2) is 4.52. The topological polar surface area (TPSA) is 24.9 Å². The molecule has 2 nitrogen and oxygen atoms in total. The van der Waals surface area contributed by atoms with Crippen molar-refractivity contribution in [1.29, 1.82) is 0 Å². The number of aryl methyl sites for hydroxylation is 1. The van der Waals surface area contributed by atoms with Crippen LogP contribution in [0.2, 0.25) is 0 Å². The van der Waals surface area contributed by atoms with Gasteiger partial charge < -0.3 is 5.32 Å². The van der Waals surface area contributed by atoms with Crippen molar-refractivity contribution in [2.24, 2.45) is 11.8 Å². The lowest BCUT2D eigenvalue weighted by Crippen LogP contribution is -2.17. The molecule has 1 aromatic heterocycles. The van der Waals surface area contributed by atoms with Crippen molar-refractivity contribution in [3.63, 3.8) is 0 Å². The second-order valence-corrected chi connectivity index (χ2v) is 5.75. The Labute approximate surface area is 96.1 Å². The Morgan fingerprint density at radius 3 is 3.00 bits per heavy atom. The van der Waals surface area contributed by atoms with Gasteiger partial charge in [0.1, 0.15) is 0 Å². The Hall–Kier alpha value is -0.570. The fourth-order valence-corrected chi connectivity index (χ4v) is 3.36. The predicted octanol–water partition coefficient (Wildman–Crippen LogP) is 3.34. The maximum Gasteiger partial charge on any atom is 0.183 e. The average molecular weight is 224 g/mol. The summed E-state index contributed by atoms with van der Waals surface area (Å²) in [6, 6.07) is 0. The molecule has 84 valence electrons. The molecule has 1 atom stereocenters. The number of fused-ring (bicyclic) bond motifs is 1. The van der Waals surface area contributed by atoms with E-state index >= 15 is 0 Å². The first kappa shape index (κ1) is 10.9. The Kier molecular flexibility index (Phi) is 3.29. The number of hydrogen-bond acceptors (Lipinski definition) is 3. The number of nitrogens with one attached hydrogen (secondary N) is 1. The third kappa shape index (κ3) is 2.33. The largest absolute Gasteiger partial charge is 0.362 e. The van der Waals surface area contributed by atoms with Crippen LogP contribution >= 0.6 is 11.3 Å². The van der Waals surface area contributed by atoms with Gasteiger partial charge in [-0.3, -0.25) is 0 Å². The smallest absolute Gasteiger partial charge is 0.183 e. The van der Waals surface area contributed by atoms with Gasteiger partial charge in [0.15, 0.2) is 5.13 Å². The molecule has 1 aliphatic carbocycles. The molecule has 0 fully saturated rings. The monoisotopic (exact) mass is 224 g/mol. The van der Waals surface area contributed by atoms with Gasteiger partial charge in [-0.25, -0.2) is 4.98 Å². The van der Waals surface area contributed by atoms with E-state index in [9.17, 15) is 0 Å². The minimum atomic E-state index is 0.808. The van der Waals surface area contributed by atoms with Crippen molar-refractivity contribution in [3.05, 3.63) is 10.6 Å². The van der Waals surface area contributed by atoms with Crippen molar-refractivity contribution >= 4 is 16.5 Å². The first-order valence-electron chi connectivity index (χ1n) is 5.93. The summed E-state index contributed by atoms with van der Waals surface area (Å²) >= 11 is 1.86. The van der Waals surface area contributed by atoms with Crippen LogP contribution in [0.4, 0.5) is 5.13 Å². The van der Waals surface area contributed by atoms with E-state index in [2.05, 4.69) is 31.1 Å². The molecule has 0 saturated heterocycles. The van der Waals surface area contributed by atoms with Gasteiger partial charge in [0, 0.05) is 11.4 Å². The van der Waals surface area contributed by atoms with E-state index in [4.69, 9.17) is 0 Å². The zero-order chi connectivity index (χ0) is 10.8. The van der Waals surface area contributed by atoms with Crippen LogP contribution in [-0.4, -0.2) is 11.5 Å². The highest BCUT2D eigenvalue weighted by Gasteiger charge is 2.24. The maximum atomic E-state index is 4.64. The maximum absolute atomic E-state index is 4.64. The minimum absolute atomic E-state index is 0.808. The van der Waals surface area contributed by atoms with Gasteiger partial charge in [0.05, 0.1) is 5.69 Å². The fourth-order valence-electron chi connectivity index (χ4n) is 2.20. The summed E-state index contributed by atoms with van der Waals surface area (Å²) in [5.74, 6) is 1.68. The van der Waals surface area contributed by atoms with Crippen molar-refractivity contribution in [2.75, 3.05) is 11.9 Å². The van der Waals surface area contributed by atoms with Gasteiger partial charge >= 0.3 is 0 Å². The average Bonchev–Trinajstić information content (AvgIpc) is 2.59. The van der Waals surface area contributed by atoms with E-state index in [0.717, 1.165) is 23.5 Å². The first-order chi connectivity index (χ1) is 7.20. The van der Waals surface area contributed by atoms with Crippen LogP contribution in [-0.2, 0) is 12.8 Å². The first-order valence-corrected chi connectivity index (χ1v) is 6.74. The molecule has 0 radical (unpaired) electrons. The van der Waals surface area contributed by atoms with Gasteiger partial charge in [0.2, 0.25) is 0 Å². The highest BCUT2D eigenvalue weighted by Crippen LogP contribution is 2.34. The van der Waals surface area contributed by atoms with Crippen molar-refractivity contribution in [2.45, 2.75) is 40.0 Å². The fraction of sp³-hybridized carbons (Fsp3) is 0.750. The van der Waals surface area contributed by atoms with Crippen molar-refractivity contribution in [1.82, 2.24) is 4.98 Å². The molecule has 1 N–H and O–H groups in total. The van der Waals surface area contributed by atoms with Crippen molar-refractivity contribution in [3.8, 4) is 0 Å². The lowest BCUT2D eigenvalue weighted by Gasteiger charge is -2.24. The summed E-state index contributed by atoms with van der Waals surface area (Å²) in [7, 11) is 0. The number of anilines is 1. The quantitative estimate of drug-likeness (QED) is 0.852. The van der Waals surface area contributed by atoms with Gasteiger partial charge in [-0.15, -0.1) is 11.3 Å². The predicted molar refractivity (Wildman–Crippen MR) is 66.6 cm³/mol. The van der Waals surface area contributed by atoms with Crippen LogP contribution < -0.4 is 5.32 Å². The summed E-state index contributed by atoms with van der Waals surface area (Å²) in [5.41, 5.74) is 1.35. The number of hydrogen-bond donors (Lipinski definition) is 1. The number of thiazole rings is 1. The van der Waals surface area contributed by atoms with E-state index < -0.39 is 0 Å². The zero-order valence-electron chi connectivity index (χ0n) is 9.84. The molecule has 0 aromatic carbocycles. The summed E-state index contributed by atoms with van der Waals surface area (Å²) in [5, 5.41) is 4.43. The van der Waals surface area contributed by atoms with Gasteiger partial charge in [0.25, 0.3) is 0 Å². The highest BCUT2D eigenvalue weighted by atomic mass is 32.1. The SMILES string of the molecule is CCNc1nc2c(s1)CC(C(C)C)CC2. The molecular formula is C12H20N2S. The highest BCUT2D eigenvalue weighted by molar-refractivity contribution is 7.15. The molecule has 0 spiro atoms. The minimum Gasteiger partial charge on any atom is -0.362 e. The zero-order valence-corrected chi connectivity index (χ0v) is 10.7. The molecule has 15 heavy (non-hydrogen) atoms. The van der Waals surface area contributed by atoms with Crippen LogP contribution in [0.25, 0.3) is 0 Å². The van der Waals surface area contributed by atoms with Crippen molar-refractivity contribution < 1.29 is 0 Å². The van der Waals surface area contributed by atoms with Gasteiger partial charge in [-0.2, -0.15) is 0 Å². The molecule has 0 saturated carbocycles. The van der Waals surface area contributed by atoms with Crippen LogP contribution in [0.15, 0.2) is 0 Å². The molecule has 1 heterocycles. The Morgan fingerprint density at radius 1 is 1.53 bits per heavy atom. The molecule has 3 heteroatoms. The number of nitrogens with zero attached hydrogens (tertiary/aromatic N) is 1. The Balaban J connectivity index is 2.12. The van der Waals surface area contributed by atoms with Crippen LogP contribution in [0.3, 0.4) is 0 Å². The standard InChI is InChI=1S/C12H20N2S/c1-4-13-12-14-10-6-5-9(8(2)3)7-11(10)15-12/h8-9H,4-7H2,1-3H3,(H,13,14). The summed E-state index contributed by atoms with van der Waals surface area (Å²) < 4.78 is 0. The van der Waals surface area contributed by atoms with Gasteiger partial charge in [-0.1, -0.05) is 13.8 Å². The molecule has 0 aliphatic heterocycles. The van der Waals surface area contributed by atoms with Crippen LogP contribution in [0, 0.1) is 11.8 Å². The van der Waals surface area contributed by atoms with Crippen LogP contribution in [0.1, 0.15) is 37.8 Å². The Morgan fingerprint density at radius 2 is 2.33 bits per heavy atom. The molecular weight excluding hydrogens is 204 g/mol. The molecule has 0 amide bonds.